The fraction of sp³-hybridized carbons (Fsp3) is 0.273. The average Bonchev–Trinajstić information content (AvgIpc) is 2.71. The standard InChI is InChI=1S/C11H12FN5O2/c1-6(2)10-11(13)14-15-16(10)9-5-7(17(18)19)3-4-8(9)12/h3-6H,13H2,1-2H3. The van der Waals surface area contributed by atoms with Gasteiger partial charge in [-0.25, -0.2) is 9.07 Å². The molecule has 1 heterocycles. The zero-order valence-electron chi connectivity index (χ0n) is 10.4. The molecule has 0 aliphatic carbocycles. The smallest absolute Gasteiger partial charge is 0.271 e. The van der Waals surface area contributed by atoms with E-state index < -0.39 is 10.7 Å². The number of rotatable bonds is 3. The Hall–Kier alpha value is -2.51. The SMILES string of the molecule is CC(C)c1c(N)nnn1-c1cc([N+](=O)[O-])ccc1F. The number of nitro benzene ring substituents is 1. The predicted octanol–water partition coefficient (Wildman–Crippen LogP) is 2.02. The van der Waals surface area contributed by atoms with Gasteiger partial charge in [-0.3, -0.25) is 10.1 Å². The third-order valence-electron chi connectivity index (χ3n) is 2.65. The first-order valence-electron chi connectivity index (χ1n) is 5.57. The van der Waals surface area contributed by atoms with Crippen molar-refractivity contribution in [2.24, 2.45) is 0 Å². The highest BCUT2D eigenvalue weighted by Crippen LogP contribution is 2.26. The monoisotopic (exact) mass is 265 g/mol. The number of hydrogen-bond acceptors (Lipinski definition) is 5. The zero-order valence-corrected chi connectivity index (χ0v) is 10.4. The highest BCUT2D eigenvalue weighted by atomic mass is 19.1. The van der Waals surface area contributed by atoms with Gasteiger partial charge in [0.1, 0.15) is 11.5 Å². The van der Waals surface area contributed by atoms with E-state index in [-0.39, 0.29) is 23.1 Å². The van der Waals surface area contributed by atoms with Gasteiger partial charge in [0, 0.05) is 12.1 Å². The topological polar surface area (TPSA) is 99.9 Å². The lowest BCUT2D eigenvalue weighted by atomic mass is 10.1. The Labute approximate surface area is 108 Å². The van der Waals surface area contributed by atoms with Gasteiger partial charge in [-0.15, -0.1) is 5.10 Å². The maximum atomic E-state index is 13.8. The van der Waals surface area contributed by atoms with Gasteiger partial charge in [0.25, 0.3) is 5.69 Å². The van der Waals surface area contributed by atoms with Crippen molar-refractivity contribution in [2.75, 3.05) is 5.73 Å². The molecule has 0 unspecified atom stereocenters. The van der Waals surface area contributed by atoms with Crippen LogP contribution < -0.4 is 5.73 Å². The summed E-state index contributed by atoms with van der Waals surface area (Å²) in [6.07, 6.45) is 0. The van der Waals surface area contributed by atoms with Gasteiger partial charge in [-0.05, 0) is 12.0 Å². The van der Waals surface area contributed by atoms with E-state index in [9.17, 15) is 14.5 Å². The molecule has 2 aromatic rings. The van der Waals surface area contributed by atoms with Crippen LogP contribution in [0.2, 0.25) is 0 Å². The van der Waals surface area contributed by atoms with Gasteiger partial charge < -0.3 is 5.73 Å². The highest BCUT2D eigenvalue weighted by Gasteiger charge is 2.20. The number of halogens is 1. The Morgan fingerprint density at radius 3 is 2.74 bits per heavy atom. The molecule has 0 spiro atoms. The van der Waals surface area contributed by atoms with Crippen LogP contribution in [0.4, 0.5) is 15.9 Å². The van der Waals surface area contributed by atoms with Crippen molar-refractivity contribution in [3.8, 4) is 5.69 Å². The minimum absolute atomic E-state index is 0.0397. The second-order valence-electron chi connectivity index (χ2n) is 4.32. The lowest BCUT2D eigenvalue weighted by Gasteiger charge is -2.10. The third kappa shape index (κ3) is 2.24. The molecule has 0 amide bonds. The minimum Gasteiger partial charge on any atom is -0.381 e. The molecular weight excluding hydrogens is 253 g/mol. The van der Waals surface area contributed by atoms with E-state index >= 15 is 0 Å². The van der Waals surface area contributed by atoms with Crippen molar-refractivity contribution in [2.45, 2.75) is 19.8 Å². The van der Waals surface area contributed by atoms with E-state index in [2.05, 4.69) is 10.3 Å². The first-order chi connectivity index (χ1) is 8.91. The molecule has 0 radical (unpaired) electrons. The van der Waals surface area contributed by atoms with Crippen LogP contribution in [-0.4, -0.2) is 19.9 Å². The summed E-state index contributed by atoms with van der Waals surface area (Å²) in [5, 5.41) is 18.2. The maximum Gasteiger partial charge on any atom is 0.271 e. The summed E-state index contributed by atoms with van der Waals surface area (Å²) in [4.78, 5) is 10.1. The van der Waals surface area contributed by atoms with Crippen LogP contribution >= 0.6 is 0 Å². The first kappa shape index (κ1) is 12.9. The fourth-order valence-corrected chi connectivity index (χ4v) is 1.80. The number of anilines is 1. The number of benzene rings is 1. The van der Waals surface area contributed by atoms with Crippen LogP contribution in [0.3, 0.4) is 0 Å². The predicted molar refractivity (Wildman–Crippen MR) is 66.5 cm³/mol. The van der Waals surface area contributed by atoms with Crippen molar-refractivity contribution in [3.05, 3.63) is 39.8 Å². The van der Waals surface area contributed by atoms with Crippen LogP contribution in [0.25, 0.3) is 5.69 Å². The number of nitrogens with two attached hydrogens (primary N) is 1. The van der Waals surface area contributed by atoms with E-state index in [1.165, 1.54) is 4.68 Å². The molecule has 100 valence electrons. The second-order valence-corrected chi connectivity index (χ2v) is 4.32. The summed E-state index contributed by atoms with van der Waals surface area (Å²) in [6.45, 7) is 3.70. The second kappa shape index (κ2) is 4.63. The molecule has 2 N–H and O–H groups in total. The van der Waals surface area contributed by atoms with Crippen molar-refractivity contribution in [1.82, 2.24) is 15.0 Å². The number of non-ortho nitro benzene ring substituents is 1. The summed E-state index contributed by atoms with van der Waals surface area (Å²) in [6, 6.07) is 3.22. The Kier molecular flexibility index (Phi) is 3.16. The van der Waals surface area contributed by atoms with Crippen LogP contribution in [0.1, 0.15) is 25.5 Å². The number of nitro groups is 1. The summed E-state index contributed by atoms with van der Waals surface area (Å²) >= 11 is 0. The van der Waals surface area contributed by atoms with E-state index in [4.69, 9.17) is 5.73 Å². The molecular formula is C11H12FN5O2. The van der Waals surface area contributed by atoms with Crippen LogP contribution in [-0.2, 0) is 0 Å². The summed E-state index contributed by atoms with van der Waals surface area (Å²) in [5.74, 6) is -0.494. The molecule has 0 aliphatic heterocycles. The number of nitrogen functional groups attached to an aromatic ring is 1. The number of aromatic nitrogens is 3. The Bertz CT molecular complexity index is 638. The molecule has 1 aromatic carbocycles. The summed E-state index contributed by atoms with van der Waals surface area (Å²) in [5.41, 5.74) is 5.93. The lowest BCUT2D eigenvalue weighted by molar-refractivity contribution is -0.384. The molecule has 0 fully saturated rings. The molecule has 0 saturated carbocycles. The van der Waals surface area contributed by atoms with Crippen molar-refractivity contribution >= 4 is 11.5 Å². The average molecular weight is 265 g/mol. The van der Waals surface area contributed by atoms with Gasteiger partial charge in [0.2, 0.25) is 0 Å². The first-order valence-corrected chi connectivity index (χ1v) is 5.57. The molecule has 0 bridgehead atoms. The molecule has 0 saturated heterocycles. The van der Waals surface area contributed by atoms with Gasteiger partial charge in [-0.1, -0.05) is 19.1 Å². The molecule has 19 heavy (non-hydrogen) atoms. The zero-order chi connectivity index (χ0) is 14.2. The van der Waals surface area contributed by atoms with Crippen LogP contribution in [0.15, 0.2) is 18.2 Å². The van der Waals surface area contributed by atoms with Crippen LogP contribution in [0, 0.1) is 15.9 Å². The maximum absolute atomic E-state index is 13.8. The summed E-state index contributed by atoms with van der Waals surface area (Å²) < 4.78 is 15.0. The minimum atomic E-state index is -0.627. The largest absolute Gasteiger partial charge is 0.381 e. The Morgan fingerprint density at radius 1 is 1.47 bits per heavy atom. The van der Waals surface area contributed by atoms with E-state index in [1.807, 2.05) is 13.8 Å². The van der Waals surface area contributed by atoms with Crippen molar-refractivity contribution in [1.29, 1.82) is 0 Å². The van der Waals surface area contributed by atoms with E-state index in [1.54, 1.807) is 0 Å². The fourth-order valence-electron chi connectivity index (χ4n) is 1.80. The lowest BCUT2D eigenvalue weighted by Crippen LogP contribution is -2.08. The highest BCUT2D eigenvalue weighted by molar-refractivity contribution is 5.48. The molecule has 0 atom stereocenters. The Morgan fingerprint density at radius 2 is 2.16 bits per heavy atom. The van der Waals surface area contributed by atoms with Crippen molar-refractivity contribution < 1.29 is 9.31 Å². The number of hydrogen-bond donors (Lipinski definition) is 1. The quantitative estimate of drug-likeness (QED) is 0.676. The third-order valence-corrected chi connectivity index (χ3v) is 2.65. The normalized spacial score (nSPS) is 10.9. The number of nitrogens with zero attached hydrogens (tertiary/aromatic N) is 4. The van der Waals surface area contributed by atoms with E-state index in [0.717, 1.165) is 18.2 Å². The molecule has 7 nitrogen and oxygen atoms in total. The molecule has 8 heteroatoms. The molecule has 0 aliphatic rings. The molecule has 2 rings (SSSR count). The van der Waals surface area contributed by atoms with Gasteiger partial charge in [0.05, 0.1) is 10.6 Å². The van der Waals surface area contributed by atoms with Gasteiger partial charge >= 0.3 is 0 Å². The van der Waals surface area contributed by atoms with Gasteiger partial charge in [0.15, 0.2) is 5.82 Å². The van der Waals surface area contributed by atoms with Gasteiger partial charge in [-0.2, -0.15) is 0 Å². The molecule has 1 aromatic heterocycles. The van der Waals surface area contributed by atoms with Crippen molar-refractivity contribution in [3.63, 3.8) is 0 Å². The Balaban J connectivity index is 2.65. The van der Waals surface area contributed by atoms with E-state index in [0.29, 0.717) is 5.69 Å². The van der Waals surface area contributed by atoms with Crippen LogP contribution in [0.5, 0.6) is 0 Å². The summed E-state index contributed by atoms with van der Waals surface area (Å²) in [7, 11) is 0.